The van der Waals surface area contributed by atoms with Crippen LogP contribution in [-0.2, 0) is 14.3 Å². The van der Waals surface area contributed by atoms with Crippen LogP contribution in [0.25, 0.3) is 5.65 Å². The van der Waals surface area contributed by atoms with Gasteiger partial charge in [-0.05, 0) is 24.3 Å². The first-order chi connectivity index (χ1) is 13.8. The highest BCUT2D eigenvalue weighted by molar-refractivity contribution is 5.95. The Morgan fingerprint density at radius 2 is 1.83 bits per heavy atom. The van der Waals surface area contributed by atoms with Crippen molar-refractivity contribution in [2.75, 3.05) is 18.5 Å². The fourth-order valence-electron chi connectivity index (χ4n) is 2.28. The lowest BCUT2D eigenvalue weighted by Crippen LogP contribution is -2.35. The van der Waals surface area contributed by atoms with Crippen LogP contribution >= 0.6 is 0 Å². The number of hydrogen-bond donors (Lipinski definition) is 2. The monoisotopic (exact) mass is 406 g/mol. The maximum absolute atomic E-state index is 13.5. The Kier molecular flexibility index (Phi) is 5.77. The Bertz CT molecular complexity index is 1070. The van der Waals surface area contributed by atoms with Gasteiger partial charge in [0, 0.05) is 12.4 Å². The predicted molar refractivity (Wildman–Crippen MR) is 93.4 cm³/mol. The molecule has 0 unspecified atom stereocenters. The summed E-state index contributed by atoms with van der Waals surface area (Å²) < 4.78 is 45.9. The first kappa shape index (κ1) is 19.9. The minimum Gasteiger partial charge on any atom is -0.451 e. The SMILES string of the molecule is O=C(COC(=O)c1cn2ccccc2n1)NCC(=O)Nc1ccc(F)c(F)c1F. The van der Waals surface area contributed by atoms with Crippen LogP contribution in [0.3, 0.4) is 0 Å². The largest absolute Gasteiger partial charge is 0.451 e. The highest BCUT2D eigenvalue weighted by Gasteiger charge is 2.17. The third kappa shape index (κ3) is 4.69. The molecule has 8 nitrogen and oxygen atoms in total. The van der Waals surface area contributed by atoms with Crippen molar-refractivity contribution in [1.29, 1.82) is 0 Å². The number of esters is 1. The van der Waals surface area contributed by atoms with Gasteiger partial charge < -0.3 is 19.8 Å². The van der Waals surface area contributed by atoms with Crippen LogP contribution in [0.5, 0.6) is 0 Å². The molecular weight excluding hydrogens is 393 g/mol. The number of pyridine rings is 1. The van der Waals surface area contributed by atoms with E-state index in [0.29, 0.717) is 11.7 Å². The lowest BCUT2D eigenvalue weighted by molar-refractivity contribution is -0.126. The molecule has 1 aromatic carbocycles. The highest BCUT2D eigenvalue weighted by Crippen LogP contribution is 2.19. The number of aromatic nitrogens is 2. The van der Waals surface area contributed by atoms with Crippen molar-refractivity contribution in [3.05, 3.63) is 65.9 Å². The van der Waals surface area contributed by atoms with Crippen molar-refractivity contribution < 1.29 is 32.3 Å². The fourth-order valence-corrected chi connectivity index (χ4v) is 2.28. The summed E-state index contributed by atoms with van der Waals surface area (Å²) in [6.45, 7) is -1.29. The van der Waals surface area contributed by atoms with E-state index in [4.69, 9.17) is 4.74 Å². The number of imidazole rings is 1. The summed E-state index contributed by atoms with van der Waals surface area (Å²) in [7, 11) is 0. The molecule has 0 bridgehead atoms. The molecular formula is C18H13F3N4O4. The van der Waals surface area contributed by atoms with E-state index in [2.05, 4.69) is 10.3 Å². The molecule has 29 heavy (non-hydrogen) atoms. The number of benzene rings is 1. The summed E-state index contributed by atoms with van der Waals surface area (Å²) >= 11 is 0. The molecule has 3 aromatic rings. The van der Waals surface area contributed by atoms with Crippen LogP contribution in [0.2, 0.25) is 0 Å². The third-order valence-electron chi connectivity index (χ3n) is 3.66. The quantitative estimate of drug-likeness (QED) is 0.479. The lowest BCUT2D eigenvalue weighted by Gasteiger charge is -2.08. The second-order valence-electron chi connectivity index (χ2n) is 5.72. The zero-order valence-corrected chi connectivity index (χ0v) is 14.6. The van der Waals surface area contributed by atoms with Crippen LogP contribution in [0.1, 0.15) is 10.5 Å². The molecule has 2 amide bonds. The Morgan fingerprint density at radius 1 is 1.03 bits per heavy atom. The molecule has 11 heteroatoms. The van der Waals surface area contributed by atoms with Crippen LogP contribution < -0.4 is 10.6 Å². The Hall–Kier alpha value is -3.89. The fraction of sp³-hybridized carbons (Fsp3) is 0.111. The number of halogens is 3. The van der Waals surface area contributed by atoms with E-state index in [1.807, 2.05) is 5.32 Å². The molecule has 0 aliphatic heterocycles. The number of carbonyl (C=O) groups is 3. The van der Waals surface area contributed by atoms with Gasteiger partial charge in [-0.15, -0.1) is 0 Å². The summed E-state index contributed by atoms with van der Waals surface area (Å²) in [5, 5.41) is 4.12. The number of hydrogen-bond acceptors (Lipinski definition) is 5. The molecule has 0 saturated heterocycles. The van der Waals surface area contributed by atoms with Gasteiger partial charge in [-0.3, -0.25) is 9.59 Å². The number of nitrogens with zero attached hydrogens (tertiary/aromatic N) is 2. The maximum Gasteiger partial charge on any atom is 0.359 e. The second-order valence-corrected chi connectivity index (χ2v) is 5.72. The van der Waals surface area contributed by atoms with Crippen LogP contribution in [0.15, 0.2) is 42.7 Å². The molecule has 0 aliphatic carbocycles. The van der Waals surface area contributed by atoms with Crippen molar-refractivity contribution in [1.82, 2.24) is 14.7 Å². The van der Waals surface area contributed by atoms with E-state index in [1.165, 1.54) is 6.20 Å². The third-order valence-corrected chi connectivity index (χ3v) is 3.66. The van der Waals surface area contributed by atoms with E-state index in [-0.39, 0.29) is 5.69 Å². The molecule has 0 saturated carbocycles. The number of rotatable bonds is 6. The van der Waals surface area contributed by atoms with Gasteiger partial charge in [0.1, 0.15) is 5.65 Å². The lowest BCUT2D eigenvalue weighted by atomic mass is 10.2. The first-order valence-corrected chi connectivity index (χ1v) is 8.16. The van der Waals surface area contributed by atoms with E-state index in [1.54, 1.807) is 28.8 Å². The van der Waals surface area contributed by atoms with Gasteiger partial charge in [0.25, 0.3) is 5.91 Å². The van der Waals surface area contributed by atoms with Gasteiger partial charge in [-0.2, -0.15) is 0 Å². The molecule has 2 heterocycles. The summed E-state index contributed by atoms with van der Waals surface area (Å²) in [5.74, 6) is -7.23. The summed E-state index contributed by atoms with van der Waals surface area (Å²) in [5.41, 5.74) is -0.0676. The zero-order chi connectivity index (χ0) is 21.0. The van der Waals surface area contributed by atoms with Crippen molar-refractivity contribution in [3.8, 4) is 0 Å². The van der Waals surface area contributed by atoms with Crippen molar-refractivity contribution in [2.45, 2.75) is 0 Å². The number of amides is 2. The molecule has 0 atom stereocenters. The molecule has 2 aromatic heterocycles. The van der Waals surface area contributed by atoms with Gasteiger partial charge in [0.15, 0.2) is 29.8 Å². The van der Waals surface area contributed by atoms with E-state index in [9.17, 15) is 27.6 Å². The summed E-state index contributed by atoms with van der Waals surface area (Å²) in [4.78, 5) is 39.4. The Morgan fingerprint density at radius 3 is 2.59 bits per heavy atom. The summed E-state index contributed by atoms with van der Waals surface area (Å²) in [6.07, 6.45) is 3.11. The molecule has 150 valence electrons. The van der Waals surface area contributed by atoms with Crippen molar-refractivity contribution >= 4 is 29.1 Å². The maximum atomic E-state index is 13.5. The highest BCUT2D eigenvalue weighted by atomic mass is 19.2. The molecule has 0 spiro atoms. The van der Waals surface area contributed by atoms with Gasteiger partial charge in [0.2, 0.25) is 5.91 Å². The molecule has 3 rings (SSSR count). The predicted octanol–water partition coefficient (Wildman–Crippen LogP) is 1.66. The number of ether oxygens (including phenoxy) is 1. The number of anilines is 1. The molecule has 0 fully saturated rings. The zero-order valence-electron chi connectivity index (χ0n) is 14.6. The van der Waals surface area contributed by atoms with Crippen LogP contribution in [0.4, 0.5) is 18.9 Å². The van der Waals surface area contributed by atoms with Crippen LogP contribution in [-0.4, -0.2) is 40.3 Å². The topological polar surface area (TPSA) is 102 Å². The average molecular weight is 406 g/mol. The summed E-state index contributed by atoms with van der Waals surface area (Å²) in [6, 6.07) is 6.64. The van der Waals surface area contributed by atoms with Gasteiger partial charge in [-0.1, -0.05) is 6.07 Å². The number of nitrogens with one attached hydrogen (secondary N) is 2. The van der Waals surface area contributed by atoms with Crippen molar-refractivity contribution in [3.63, 3.8) is 0 Å². The molecule has 2 N–H and O–H groups in total. The minimum absolute atomic E-state index is 0.00412. The van der Waals surface area contributed by atoms with E-state index >= 15 is 0 Å². The smallest absolute Gasteiger partial charge is 0.359 e. The van der Waals surface area contributed by atoms with E-state index < -0.39 is 54.1 Å². The van der Waals surface area contributed by atoms with Crippen molar-refractivity contribution in [2.24, 2.45) is 0 Å². The average Bonchev–Trinajstić information content (AvgIpc) is 3.15. The normalized spacial score (nSPS) is 10.6. The molecule has 0 aliphatic rings. The van der Waals surface area contributed by atoms with Crippen LogP contribution in [0, 0.1) is 17.5 Å². The number of carbonyl (C=O) groups excluding carboxylic acids is 3. The van der Waals surface area contributed by atoms with Gasteiger partial charge in [-0.25, -0.2) is 22.9 Å². The standard InChI is InChI=1S/C18H13F3N4O4/c19-10-4-5-11(17(21)16(10)20)24-14(26)7-22-15(27)9-29-18(28)12-8-25-6-2-1-3-13(25)23-12/h1-6,8H,7,9H2,(H,22,27)(H,24,26). The second kappa shape index (κ2) is 8.42. The minimum atomic E-state index is -1.73. The van der Waals surface area contributed by atoms with E-state index in [0.717, 1.165) is 6.07 Å². The Balaban J connectivity index is 1.46. The Labute approximate surface area is 161 Å². The first-order valence-electron chi connectivity index (χ1n) is 8.16. The number of fused-ring (bicyclic) bond motifs is 1. The molecule has 0 radical (unpaired) electrons. The van der Waals surface area contributed by atoms with Gasteiger partial charge in [0.05, 0.1) is 12.2 Å². The van der Waals surface area contributed by atoms with Gasteiger partial charge >= 0.3 is 5.97 Å².